The van der Waals surface area contributed by atoms with Crippen LogP contribution in [-0.4, -0.2) is 19.9 Å². The lowest BCUT2D eigenvalue weighted by molar-refractivity contribution is 1.18. The summed E-state index contributed by atoms with van der Waals surface area (Å²) in [5.74, 6) is 1.80. The Morgan fingerprint density at radius 2 is 0.464 bits per heavy atom. The zero-order valence-electron chi connectivity index (χ0n) is 30.2. The third kappa shape index (κ3) is 6.88. The first-order valence-corrected chi connectivity index (χ1v) is 20.5. The maximum absolute atomic E-state index is 6.24. The van der Waals surface area contributed by atoms with Crippen LogP contribution >= 0.6 is 46.4 Å². The Kier molecular flexibility index (Phi) is 10.1. The molecule has 0 saturated carbocycles. The molecule has 4 aromatic carbocycles. The second-order valence-electron chi connectivity index (χ2n) is 14.0. The largest absolute Gasteiger partial charge is 0.354 e. The first-order chi connectivity index (χ1) is 27.5. The van der Waals surface area contributed by atoms with Crippen molar-refractivity contribution in [3.05, 3.63) is 234 Å². The van der Waals surface area contributed by atoms with E-state index in [1.54, 1.807) is 0 Å². The first-order valence-electron chi connectivity index (χ1n) is 18.4. The zero-order valence-corrected chi connectivity index (χ0v) is 33.2. The summed E-state index contributed by atoms with van der Waals surface area (Å²) in [7, 11) is 0. The van der Waals surface area contributed by atoms with Crippen molar-refractivity contribution in [3.63, 3.8) is 0 Å². The van der Waals surface area contributed by atoms with Crippen molar-refractivity contribution in [1.29, 1.82) is 0 Å². The molecule has 8 aromatic rings. The van der Waals surface area contributed by atoms with Crippen molar-refractivity contribution in [2.24, 2.45) is 0 Å². The molecule has 8 bridgehead atoms. The third-order valence-electron chi connectivity index (χ3n) is 10.5. The quantitative estimate of drug-likeness (QED) is 0.111. The van der Waals surface area contributed by atoms with Gasteiger partial charge in [0, 0.05) is 90.0 Å². The van der Waals surface area contributed by atoms with E-state index in [-0.39, 0.29) is 0 Å². The van der Waals surface area contributed by atoms with Crippen LogP contribution in [0.5, 0.6) is 0 Å². The van der Waals surface area contributed by atoms with E-state index in [4.69, 9.17) is 46.4 Å². The van der Waals surface area contributed by atoms with Gasteiger partial charge in [0.25, 0.3) is 0 Å². The number of nitrogens with one attached hydrogen (secondary N) is 4. The Labute approximate surface area is 344 Å². The molecule has 4 N–H and O–H groups in total. The highest BCUT2D eigenvalue weighted by Crippen LogP contribution is 2.29. The molecule has 0 saturated heterocycles. The predicted octanol–water partition coefficient (Wildman–Crippen LogP) is 9.26. The fourth-order valence-corrected chi connectivity index (χ4v) is 8.33. The molecule has 5 heterocycles. The minimum absolute atomic E-state index is 0.449. The second-order valence-corrected chi connectivity index (χ2v) is 15.0. The van der Waals surface area contributed by atoms with Crippen LogP contribution in [0.3, 0.4) is 0 Å². The van der Waals surface area contributed by atoms with Gasteiger partial charge in [-0.2, -0.15) is 0 Å². The molecular formula is C48H36Cl4N4. The number of benzene rings is 4. The molecule has 0 aliphatic carbocycles. The summed E-state index contributed by atoms with van der Waals surface area (Å²) in [4.78, 5) is 15.4. The molecule has 56 heavy (non-hydrogen) atoms. The SMILES string of the molecule is ClCc1ccc(C2=c3ccc([nH]3)=C(c3ccc(CCl)cc3)c3ccc([nH]3)C(c3ccc(CCl)cc3)=c3ccc([nH]3)=C(c3ccc(CCl)cc3)c3ccc2[nH]3)cc1. The number of hydrogen-bond acceptors (Lipinski definition) is 0. The number of alkyl halides is 4. The monoisotopic (exact) mass is 808 g/mol. The standard InChI is InChI=1S/C48H36Cl4N4/c49-25-29-1-9-33(10-2-29)45-37-17-19-39(53-37)46(34-11-3-30(26-50)4-12-34)41-21-23-43(55-41)48(36-15-7-32(28-52)8-16-36)44-24-22-42(56-44)47(40-20-18-38(45)54-40)35-13-5-31(27-51)6-14-35/h1-24,53-56H,25-28H2. The molecule has 4 nitrogen and oxygen atoms in total. The van der Waals surface area contributed by atoms with Crippen LogP contribution in [-0.2, 0) is 23.5 Å². The van der Waals surface area contributed by atoms with Crippen LogP contribution in [0.2, 0.25) is 0 Å². The first kappa shape index (κ1) is 36.3. The summed E-state index contributed by atoms with van der Waals surface area (Å²) >= 11 is 25.0. The van der Waals surface area contributed by atoms with Crippen LogP contribution in [0.1, 0.15) is 67.3 Å². The summed E-state index contributed by atoms with van der Waals surface area (Å²) < 4.78 is 0. The van der Waals surface area contributed by atoms with Crippen LogP contribution in [0, 0.1) is 0 Å². The van der Waals surface area contributed by atoms with Gasteiger partial charge in [-0.05, 0) is 93.0 Å². The van der Waals surface area contributed by atoms with E-state index in [1.165, 1.54) is 0 Å². The van der Waals surface area contributed by atoms with E-state index < -0.39 is 0 Å². The molecule has 4 aromatic heterocycles. The summed E-state index contributed by atoms with van der Waals surface area (Å²) in [5.41, 5.74) is 16.6. The average molecular weight is 811 g/mol. The highest BCUT2D eigenvalue weighted by molar-refractivity contribution is 6.17. The molecule has 8 heteroatoms. The van der Waals surface area contributed by atoms with Gasteiger partial charge in [0.05, 0.1) is 0 Å². The van der Waals surface area contributed by atoms with E-state index in [0.717, 1.165) is 111 Å². The summed E-state index contributed by atoms with van der Waals surface area (Å²) in [5, 5.41) is 3.90. The summed E-state index contributed by atoms with van der Waals surface area (Å²) in [6.45, 7) is 0. The normalized spacial score (nSPS) is 12.8. The molecule has 0 spiro atoms. The van der Waals surface area contributed by atoms with Crippen LogP contribution in [0.25, 0.3) is 22.3 Å². The van der Waals surface area contributed by atoms with Crippen molar-refractivity contribution in [2.75, 3.05) is 0 Å². The summed E-state index contributed by atoms with van der Waals surface area (Å²) in [6.07, 6.45) is 0. The second kappa shape index (κ2) is 15.6. The lowest BCUT2D eigenvalue weighted by atomic mass is 10.0. The van der Waals surface area contributed by atoms with Gasteiger partial charge in [-0.3, -0.25) is 0 Å². The molecule has 1 aliphatic heterocycles. The van der Waals surface area contributed by atoms with Gasteiger partial charge >= 0.3 is 0 Å². The predicted molar refractivity (Wildman–Crippen MR) is 232 cm³/mol. The van der Waals surface area contributed by atoms with Gasteiger partial charge in [0.1, 0.15) is 0 Å². The highest BCUT2D eigenvalue weighted by atomic mass is 35.5. The molecule has 0 unspecified atom stereocenters. The average Bonchev–Trinajstić information content (AvgIpc) is 4.10. The molecular weight excluding hydrogens is 774 g/mol. The Morgan fingerprint density at radius 3 is 0.661 bits per heavy atom. The smallest absolute Gasteiger partial charge is 0.0485 e. The fraction of sp³-hybridized carbons (Fsp3) is 0.0833. The highest BCUT2D eigenvalue weighted by Gasteiger charge is 2.18. The van der Waals surface area contributed by atoms with E-state index in [0.29, 0.717) is 23.5 Å². The molecule has 0 fully saturated rings. The molecule has 0 radical (unpaired) electrons. The Bertz CT molecular complexity index is 2530. The maximum atomic E-state index is 6.24. The number of H-pyrrole nitrogens is 4. The number of aromatic amines is 4. The summed E-state index contributed by atoms with van der Waals surface area (Å²) in [6, 6.07) is 51.2. The number of fused-ring (bicyclic) bond motifs is 8. The minimum atomic E-state index is 0.449. The van der Waals surface area contributed by atoms with Gasteiger partial charge in [-0.25, -0.2) is 0 Å². The minimum Gasteiger partial charge on any atom is -0.354 e. The third-order valence-corrected chi connectivity index (χ3v) is 11.7. The Balaban J connectivity index is 1.40. The molecule has 9 rings (SSSR count). The Hall–Kier alpha value is -5.36. The number of rotatable bonds is 8. The van der Waals surface area contributed by atoms with Crippen molar-refractivity contribution < 1.29 is 0 Å². The van der Waals surface area contributed by atoms with Gasteiger partial charge < -0.3 is 19.9 Å². The van der Waals surface area contributed by atoms with Gasteiger partial charge in [0.15, 0.2) is 0 Å². The Morgan fingerprint density at radius 1 is 0.250 bits per heavy atom. The number of halogens is 4. The van der Waals surface area contributed by atoms with E-state index in [2.05, 4.69) is 166 Å². The number of hydrogen-bond donors (Lipinski definition) is 4. The van der Waals surface area contributed by atoms with Crippen molar-refractivity contribution >= 4 is 68.7 Å². The molecule has 276 valence electrons. The lowest BCUT2D eigenvalue weighted by Gasteiger charge is -2.10. The van der Waals surface area contributed by atoms with Gasteiger partial charge in [-0.15, -0.1) is 46.4 Å². The topological polar surface area (TPSA) is 63.2 Å². The lowest BCUT2D eigenvalue weighted by Crippen LogP contribution is -2.19. The molecule has 0 amide bonds. The van der Waals surface area contributed by atoms with Gasteiger partial charge in [-0.1, -0.05) is 97.1 Å². The maximum Gasteiger partial charge on any atom is 0.0485 e. The van der Waals surface area contributed by atoms with Crippen LogP contribution in [0.4, 0.5) is 0 Å². The van der Waals surface area contributed by atoms with Crippen molar-refractivity contribution in [3.8, 4) is 0 Å². The van der Waals surface area contributed by atoms with Crippen molar-refractivity contribution in [2.45, 2.75) is 23.5 Å². The number of aromatic nitrogens is 4. The van der Waals surface area contributed by atoms with E-state index in [1.807, 2.05) is 0 Å². The van der Waals surface area contributed by atoms with E-state index >= 15 is 0 Å². The molecule has 0 atom stereocenters. The van der Waals surface area contributed by atoms with Gasteiger partial charge in [0.2, 0.25) is 0 Å². The van der Waals surface area contributed by atoms with E-state index in [9.17, 15) is 0 Å². The zero-order chi connectivity index (χ0) is 38.2. The van der Waals surface area contributed by atoms with Crippen LogP contribution < -0.4 is 21.4 Å². The molecule has 1 aliphatic rings. The fourth-order valence-electron chi connectivity index (χ4n) is 7.61. The van der Waals surface area contributed by atoms with Crippen molar-refractivity contribution in [1.82, 2.24) is 19.9 Å². The van der Waals surface area contributed by atoms with Crippen LogP contribution in [0.15, 0.2) is 146 Å².